The molecule has 1 aromatic heterocycles. The van der Waals surface area contributed by atoms with Gasteiger partial charge in [-0.15, -0.1) is 0 Å². The third-order valence-electron chi connectivity index (χ3n) is 4.57. The van der Waals surface area contributed by atoms with Crippen LogP contribution in [-0.4, -0.2) is 31.4 Å². The van der Waals surface area contributed by atoms with Crippen LogP contribution in [0.1, 0.15) is 17.0 Å². The Morgan fingerprint density at radius 2 is 1.64 bits per heavy atom. The maximum atomic E-state index is 13.1. The lowest BCUT2D eigenvalue weighted by molar-refractivity contribution is 0.171. The maximum absolute atomic E-state index is 13.1. The number of rotatable bonds is 4. The van der Waals surface area contributed by atoms with Crippen LogP contribution in [0, 0.1) is 20.8 Å². The highest BCUT2D eigenvalue weighted by atomic mass is 32.2. The lowest BCUT2D eigenvalue weighted by atomic mass is 10.2. The number of hydrogen-bond acceptors (Lipinski definition) is 5. The minimum Gasteiger partial charge on any atom is -0.486 e. The molecule has 1 N–H and O–H groups in total. The summed E-state index contributed by atoms with van der Waals surface area (Å²) in [5, 5.41) is 4.44. The lowest BCUT2D eigenvalue weighted by Crippen LogP contribution is -2.17. The summed E-state index contributed by atoms with van der Waals surface area (Å²) >= 11 is 0. The van der Waals surface area contributed by atoms with Crippen LogP contribution >= 0.6 is 0 Å². The molecule has 0 atom stereocenters. The van der Waals surface area contributed by atoms with E-state index in [2.05, 4.69) is 9.82 Å². The first-order chi connectivity index (χ1) is 13.3. The molecule has 0 radical (unpaired) electrons. The molecule has 8 heteroatoms. The monoisotopic (exact) mass is 399 g/mol. The zero-order valence-electron chi connectivity index (χ0n) is 15.9. The molecule has 0 fully saturated rings. The van der Waals surface area contributed by atoms with Crippen molar-refractivity contribution in [2.45, 2.75) is 25.7 Å². The van der Waals surface area contributed by atoms with Crippen LogP contribution in [0.5, 0.6) is 11.5 Å². The first-order valence-electron chi connectivity index (χ1n) is 8.91. The molecule has 0 aliphatic carbocycles. The predicted molar refractivity (Wildman–Crippen MR) is 106 cm³/mol. The number of ether oxygens (including phenoxy) is 2. The van der Waals surface area contributed by atoms with Crippen molar-refractivity contribution in [2.24, 2.45) is 0 Å². The quantitative estimate of drug-likeness (QED) is 0.727. The molecule has 0 saturated carbocycles. The lowest BCUT2D eigenvalue weighted by Gasteiger charge is -2.19. The maximum Gasteiger partial charge on any atom is 0.265 e. The fourth-order valence-corrected chi connectivity index (χ4v) is 4.71. The molecule has 146 valence electrons. The molecule has 7 nitrogen and oxygen atoms in total. The Kier molecular flexibility index (Phi) is 4.50. The number of nitrogens with zero attached hydrogens (tertiary/aromatic N) is 2. The van der Waals surface area contributed by atoms with Crippen LogP contribution in [0.3, 0.4) is 0 Å². The van der Waals surface area contributed by atoms with Gasteiger partial charge in [0.1, 0.15) is 18.1 Å². The van der Waals surface area contributed by atoms with E-state index in [9.17, 15) is 8.42 Å². The van der Waals surface area contributed by atoms with Crippen molar-refractivity contribution in [1.82, 2.24) is 9.78 Å². The second-order valence-electron chi connectivity index (χ2n) is 6.71. The largest absolute Gasteiger partial charge is 0.486 e. The highest BCUT2D eigenvalue weighted by Gasteiger charge is 2.26. The molecule has 4 rings (SSSR count). The Morgan fingerprint density at radius 3 is 2.36 bits per heavy atom. The normalized spacial score (nSPS) is 13.4. The van der Waals surface area contributed by atoms with Gasteiger partial charge in [0.15, 0.2) is 11.5 Å². The van der Waals surface area contributed by atoms with Gasteiger partial charge in [0.25, 0.3) is 10.0 Å². The molecular weight excluding hydrogens is 378 g/mol. The molecule has 0 unspecified atom stereocenters. The molecule has 1 aliphatic rings. The van der Waals surface area contributed by atoms with Gasteiger partial charge in [-0.3, -0.25) is 4.72 Å². The fourth-order valence-electron chi connectivity index (χ4n) is 3.27. The summed E-state index contributed by atoms with van der Waals surface area (Å²) < 4.78 is 41.4. The summed E-state index contributed by atoms with van der Waals surface area (Å²) in [6.45, 7) is 6.35. The second kappa shape index (κ2) is 6.87. The summed E-state index contributed by atoms with van der Waals surface area (Å²) in [7, 11) is -3.83. The van der Waals surface area contributed by atoms with Gasteiger partial charge in [-0.25, -0.2) is 13.1 Å². The van der Waals surface area contributed by atoms with Crippen LogP contribution in [0.4, 0.5) is 5.69 Å². The SMILES string of the molecule is Cc1ccc(-n2nc(C)c(S(=O)(=O)Nc3ccc4c(c3)OCCO4)c2C)cc1. The predicted octanol–water partition coefficient (Wildman–Crippen LogP) is 3.37. The smallest absolute Gasteiger partial charge is 0.265 e. The number of fused-ring (bicyclic) bond motifs is 1. The van der Waals surface area contributed by atoms with Gasteiger partial charge < -0.3 is 9.47 Å². The summed E-state index contributed by atoms with van der Waals surface area (Å²) in [5.74, 6) is 1.13. The van der Waals surface area contributed by atoms with E-state index in [1.807, 2.05) is 31.2 Å². The van der Waals surface area contributed by atoms with E-state index in [0.29, 0.717) is 41.8 Å². The Hall–Kier alpha value is -3.00. The number of sulfonamides is 1. The Balaban J connectivity index is 1.69. The van der Waals surface area contributed by atoms with Gasteiger partial charge in [0.05, 0.1) is 22.8 Å². The van der Waals surface area contributed by atoms with Gasteiger partial charge in [-0.2, -0.15) is 5.10 Å². The number of aryl methyl sites for hydroxylation is 2. The number of anilines is 1. The first kappa shape index (κ1) is 18.4. The summed E-state index contributed by atoms with van der Waals surface area (Å²) in [5.41, 5.74) is 3.33. The zero-order chi connectivity index (χ0) is 19.9. The van der Waals surface area contributed by atoms with Crippen LogP contribution in [0.25, 0.3) is 5.69 Å². The number of nitrogens with one attached hydrogen (secondary N) is 1. The Bertz CT molecular complexity index is 1140. The van der Waals surface area contributed by atoms with E-state index in [4.69, 9.17) is 9.47 Å². The van der Waals surface area contributed by atoms with E-state index in [0.717, 1.165) is 11.3 Å². The van der Waals surface area contributed by atoms with E-state index in [1.165, 1.54) is 0 Å². The highest BCUT2D eigenvalue weighted by Crippen LogP contribution is 2.34. The van der Waals surface area contributed by atoms with Gasteiger partial charge in [-0.1, -0.05) is 17.7 Å². The van der Waals surface area contributed by atoms with Crippen molar-refractivity contribution in [3.8, 4) is 17.2 Å². The van der Waals surface area contributed by atoms with Gasteiger partial charge >= 0.3 is 0 Å². The van der Waals surface area contributed by atoms with E-state index in [1.54, 1.807) is 36.7 Å². The van der Waals surface area contributed by atoms with Gasteiger partial charge in [0.2, 0.25) is 0 Å². The van der Waals surface area contributed by atoms with Gasteiger partial charge in [0, 0.05) is 6.07 Å². The zero-order valence-corrected chi connectivity index (χ0v) is 16.7. The van der Waals surface area contributed by atoms with E-state index < -0.39 is 10.0 Å². The average molecular weight is 399 g/mol. The summed E-state index contributed by atoms with van der Waals surface area (Å²) in [6.07, 6.45) is 0. The van der Waals surface area contributed by atoms with Gasteiger partial charge in [-0.05, 0) is 45.0 Å². The third kappa shape index (κ3) is 3.31. The molecular formula is C20H21N3O4S. The molecule has 3 aromatic rings. The van der Waals surface area contributed by atoms with Crippen molar-refractivity contribution in [1.29, 1.82) is 0 Å². The second-order valence-corrected chi connectivity index (χ2v) is 8.33. The van der Waals surface area contributed by atoms with Crippen molar-refractivity contribution in [2.75, 3.05) is 17.9 Å². The molecule has 28 heavy (non-hydrogen) atoms. The molecule has 0 saturated heterocycles. The molecule has 0 bridgehead atoms. The van der Waals surface area contributed by atoms with Crippen LogP contribution < -0.4 is 14.2 Å². The van der Waals surface area contributed by atoms with Crippen LogP contribution in [0.15, 0.2) is 47.4 Å². The molecule has 2 aromatic carbocycles. The minimum absolute atomic E-state index is 0.169. The van der Waals surface area contributed by atoms with Crippen LogP contribution in [0.2, 0.25) is 0 Å². The van der Waals surface area contributed by atoms with Crippen molar-refractivity contribution < 1.29 is 17.9 Å². The van der Waals surface area contributed by atoms with Crippen molar-refractivity contribution >= 4 is 15.7 Å². The molecule has 2 heterocycles. The minimum atomic E-state index is -3.83. The first-order valence-corrected chi connectivity index (χ1v) is 10.4. The highest BCUT2D eigenvalue weighted by molar-refractivity contribution is 7.92. The Labute approximate surface area is 164 Å². The van der Waals surface area contributed by atoms with E-state index >= 15 is 0 Å². The molecule has 0 spiro atoms. The van der Waals surface area contributed by atoms with E-state index in [-0.39, 0.29) is 4.90 Å². The summed E-state index contributed by atoms with van der Waals surface area (Å²) in [4.78, 5) is 0.169. The topological polar surface area (TPSA) is 82.5 Å². The standard InChI is InChI=1S/C20H21N3O4S/c1-13-4-7-17(8-5-13)23-15(3)20(14(2)21-23)28(24,25)22-16-6-9-18-19(12-16)27-11-10-26-18/h4-9,12,22H,10-11H2,1-3H3. The Morgan fingerprint density at radius 1 is 0.964 bits per heavy atom. The molecule has 0 amide bonds. The summed E-state index contributed by atoms with van der Waals surface area (Å²) in [6, 6.07) is 12.7. The molecule has 1 aliphatic heterocycles. The number of aromatic nitrogens is 2. The van der Waals surface area contributed by atoms with Crippen molar-refractivity contribution in [3.05, 3.63) is 59.4 Å². The van der Waals surface area contributed by atoms with Crippen molar-refractivity contribution in [3.63, 3.8) is 0 Å². The number of hydrogen-bond donors (Lipinski definition) is 1. The van der Waals surface area contributed by atoms with Crippen LogP contribution in [-0.2, 0) is 10.0 Å². The third-order valence-corrected chi connectivity index (χ3v) is 6.20. The fraction of sp³-hybridized carbons (Fsp3) is 0.250. The number of benzene rings is 2. The average Bonchev–Trinajstić information content (AvgIpc) is 2.97.